The molecule has 0 aromatic rings. The first kappa shape index (κ1) is 20.4. The van der Waals surface area contributed by atoms with E-state index in [2.05, 4.69) is 21.3 Å². The van der Waals surface area contributed by atoms with Crippen LogP contribution in [0.2, 0.25) is 0 Å². The van der Waals surface area contributed by atoms with E-state index in [0.717, 1.165) is 0 Å². The number of nitrogens with one attached hydrogen (secondary N) is 4. The van der Waals surface area contributed by atoms with E-state index in [1.54, 1.807) is 0 Å². The van der Waals surface area contributed by atoms with Gasteiger partial charge in [-0.15, -0.1) is 0 Å². The lowest BCUT2D eigenvalue weighted by Gasteiger charge is -2.20. The van der Waals surface area contributed by atoms with Gasteiger partial charge in [-0.05, 0) is 0 Å². The SMILES string of the molecule is NCNCC(N)C(=O)NC(CNCN)C(=O)NCC(=O)CN. The van der Waals surface area contributed by atoms with Crippen LogP contribution >= 0.6 is 0 Å². The van der Waals surface area contributed by atoms with Crippen LogP contribution in [0.25, 0.3) is 0 Å². The summed E-state index contributed by atoms with van der Waals surface area (Å²) in [5.74, 6) is -1.38. The second-order valence-corrected chi connectivity index (χ2v) is 4.44. The van der Waals surface area contributed by atoms with Crippen LogP contribution in [0, 0.1) is 0 Å². The molecule has 0 aliphatic heterocycles. The molecule has 128 valence electrons. The molecule has 2 unspecified atom stereocenters. The monoisotopic (exact) mass is 318 g/mol. The molecule has 0 rings (SSSR count). The number of hydrogen-bond donors (Lipinski definition) is 8. The van der Waals surface area contributed by atoms with Crippen molar-refractivity contribution in [3.05, 3.63) is 0 Å². The van der Waals surface area contributed by atoms with E-state index in [-0.39, 0.29) is 45.3 Å². The Bertz CT molecular complexity index is 365. The van der Waals surface area contributed by atoms with Gasteiger partial charge in [-0.25, -0.2) is 0 Å². The fourth-order valence-corrected chi connectivity index (χ4v) is 1.43. The molecule has 2 amide bonds. The summed E-state index contributed by atoms with van der Waals surface area (Å²) in [7, 11) is 0. The van der Waals surface area contributed by atoms with Crippen molar-refractivity contribution in [2.75, 3.05) is 39.5 Å². The number of ketones is 1. The average molecular weight is 318 g/mol. The van der Waals surface area contributed by atoms with Crippen molar-refractivity contribution in [2.24, 2.45) is 22.9 Å². The zero-order valence-corrected chi connectivity index (χ0v) is 12.4. The molecule has 0 bridgehead atoms. The van der Waals surface area contributed by atoms with Gasteiger partial charge >= 0.3 is 0 Å². The number of rotatable bonds is 12. The molecule has 11 heteroatoms. The van der Waals surface area contributed by atoms with Crippen molar-refractivity contribution in [3.8, 4) is 0 Å². The van der Waals surface area contributed by atoms with Gasteiger partial charge in [0.2, 0.25) is 11.8 Å². The number of Topliss-reactive ketones (excluding diaryl/α,β-unsaturated/α-hetero) is 1. The highest BCUT2D eigenvalue weighted by Crippen LogP contribution is 1.87. The second-order valence-electron chi connectivity index (χ2n) is 4.44. The first-order valence-electron chi connectivity index (χ1n) is 6.83. The molecule has 11 nitrogen and oxygen atoms in total. The molecule has 0 aromatic heterocycles. The Labute approximate surface area is 128 Å². The van der Waals surface area contributed by atoms with Crippen LogP contribution < -0.4 is 44.2 Å². The van der Waals surface area contributed by atoms with Crippen molar-refractivity contribution in [2.45, 2.75) is 12.1 Å². The normalized spacial score (nSPS) is 13.3. The number of carbonyl (C=O) groups is 3. The summed E-state index contributed by atoms with van der Waals surface area (Å²) in [5.41, 5.74) is 21.3. The molecule has 2 atom stereocenters. The molecule has 0 spiro atoms. The molecule has 0 aliphatic rings. The third-order valence-electron chi connectivity index (χ3n) is 2.66. The average Bonchev–Trinajstić information content (AvgIpc) is 2.53. The predicted octanol–water partition coefficient (Wildman–Crippen LogP) is -5.55. The third kappa shape index (κ3) is 8.61. The minimum Gasteiger partial charge on any atom is -0.347 e. The summed E-state index contributed by atoms with van der Waals surface area (Å²) in [6.07, 6.45) is 0. The van der Waals surface area contributed by atoms with E-state index >= 15 is 0 Å². The van der Waals surface area contributed by atoms with E-state index < -0.39 is 23.9 Å². The highest BCUT2D eigenvalue weighted by molar-refractivity contribution is 5.92. The summed E-state index contributed by atoms with van der Waals surface area (Å²) in [5, 5.41) is 10.3. The van der Waals surface area contributed by atoms with E-state index in [4.69, 9.17) is 22.9 Å². The van der Waals surface area contributed by atoms with Crippen molar-refractivity contribution < 1.29 is 14.4 Å². The Hall–Kier alpha value is -1.63. The Morgan fingerprint density at radius 3 is 2.05 bits per heavy atom. The molecular formula is C11H26N8O3. The lowest BCUT2D eigenvalue weighted by atomic mass is 10.2. The number of amides is 2. The Kier molecular flexibility index (Phi) is 11.1. The predicted molar refractivity (Wildman–Crippen MR) is 81.1 cm³/mol. The first-order chi connectivity index (χ1) is 10.5. The van der Waals surface area contributed by atoms with E-state index in [0.29, 0.717) is 0 Å². The van der Waals surface area contributed by atoms with Gasteiger partial charge in [-0.1, -0.05) is 0 Å². The van der Waals surface area contributed by atoms with Gasteiger partial charge in [-0.2, -0.15) is 0 Å². The summed E-state index contributed by atoms with van der Waals surface area (Å²) in [6.45, 7) is 0.205. The van der Waals surface area contributed by atoms with Gasteiger partial charge in [0.15, 0.2) is 5.78 Å². The zero-order chi connectivity index (χ0) is 17.0. The van der Waals surface area contributed by atoms with Crippen molar-refractivity contribution in [3.63, 3.8) is 0 Å². The van der Waals surface area contributed by atoms with E-state index in [1.165, 1.54) is 0 Å². The standard InChI is InChI=1S/C11H26N8O3/c12-1-7(20)2-18-11(22)9(4-17-6-14)19-10(21)8(15)3-16-5-13/h8-9,16-17H,1-6,12-15H2,(H,18,22)(H,19,21). The molecule has 0 heterocycles. The Morgan fingerprint density at radius 2 is 1.50 bits per heavy atom. The van der Waals surface area contributed by atoms with Gasteiger partial charge in [0.1, 0.15) is 6.04 Å². The van der Waals surface area contributed by atoms with Crippen LogP contribution in [-0.2, 0) is 14.4 Å². The maximum Gasteiger partial charge on any atom is 0.244 e. The van der Waals surface area contributed by atoms with Crippen LogP contribution in [0.3, 0.4) is 0 Å². The highest BCUT2D eigenvalue weighted by atomic mass is 16.2. The van der Waals surface area contributed by atoms with E-state index in [9.17, 15) is 14.4 Å². The minimum atomic E-state index is -0.912. The van der Waals surface area contributed by atoms with Crippen molar-refractivity contribution in [1.29, 1.82) is 0 Å². The maximum atomic E-state index is 12.0. The second kappa shape index (κ2) is 12.0. The summed E-state index contributed by atoms with van der Waals surface area (Å²) >= 11 is 0. The first-order valence-corrected chi connectivity index (χ1v) is 6.83. The summed E-state index contributed by atoms with van der Waals surface area (Å²) in [6, 6.07) is -1.77. The van der Waals surface area contributed by atoms with Gasteiger partial charge in [0, 0.05) is 26.4 Å². The quantitative estimate of drug-likeness (QED) is 0.161. The van der Waals surface area contributed by atoms with Crippen molar-refractivity contribution in [1.82, 2.24) is 21.3 Å². The molecular weight excluding hydrogens is 292 g/mol. The van der Waals surface area contributed by atoms with Crippen molar-refractivity contribution >= 4 is 17.6 Å². The Morgan fingerprint density at radius 1 is 0.909 bits per heavy atom. The molecule has 22 heavy (non-hydrogen) atoms. The van der Waals surface area contributed by atoms with E-state index in [1.807, 2.05) is 0 Å². The Balaban J connectivity index is 4.51. The molecule has 0 saturated heterocycles. The van der Waals surface area contributed by atoms with Crippen LogP contribution in [-0.4, -0.2) is 69.2 Å². The van der Waals surface area contributed by atoms with Gasteiger partial charge in [0.05, 0.1) is 19.1 Å². The summed E-state index contributed by atoms with van der Waals surface area (Å²) < 4.78 is 0. The molecule has 0 aliphatic carbocycles. The topological polar surface area (TPSA) is 203 Å². The largest absolute Gasteiger partial charge is 0.347 e. The summed E-state index contributed by atoms with van der Waals surface area (Å²) in [4.78, 5) is 34.9. The molecule has 12 N–H and O–H groups in total. The third-order valence-corrected chi connectivity index (χ3v) is 2.66. The van der Waals surface area contributed by atoms with Gasteiger partial charge in [-0.3, -0.25) is 14.4 Å². The molecule has 0 aromatic carbocycles. The number of hydrogen-bond acceptors (Lipinski definition) is 9. The molecule has 0 saturated carbocycles. The lowest BCUT2D eigenvalue weighted by molar-refractivity contribution is -0.130. The van der Waals surface area contributed by atoms with Gasteiger partial charge < -0.3 is 44.2 Å². The minimum absolute atomic E-state index is 0.0991. The maximum absolute atomic E-state index is 12.0. The highest BCUT2D eigenvalue weighted by Gasteiger charge is 2.23. The fraction of sp³-hybridized carbons (Fsp3) is 0.727. The lowest BCUT2D eigenvalue weighted by Crippen LogP contribution is -2.57. The fourth-order valence-electron chi connectivity index (χ4n) is 1.43. The van der Waals surface area contributed by atoms with Crippen LogP contribution in [0.1, 0.15) is 0 Å². The zero-order valence-electron chi connectivity index (χ0n) is 12.4. The van der Waals surface area contributed by atoms with Crippen LogP contribution in [0.4, 0.5) is 0 Å². The molecule has 0 fully saturated rings. The van der Waals surface area contributed by atoms with Gasteiger partial charge in [0.25, 0.3) is 0 Å². The number of carbonyl (C=O) groups excluding carboxylic acids is 3. The smallest absolute Gasteiger partial charge is 0.244 e. The van der Waals surface area contributed by atoms with Crippen LogP contribution in [0.15, 0.2) is 0 Å². The molecule has 0 radical (unpaired) electrons. The van der Waals surface area contributed by atoms with Crippen LogP contribution in [0.5, 0.6) is 0 Å². The number of nitrogens with two attached hydrogens (primary N) is 4.